The molecular formula is C15H24ClN3. The summed E-state index contributed by atoms with van der Waals surface area (Å²) < 4.78 is 0. The first-order valence-corrected chi connectivity index (χ1v) is 7.40. The molecule has 1 heterocycles. The van der Waals surface area contributed by atoms with Gasteiger partial charge in [0.1, 0.15) is 0 Å². The Morgan fingerprint density at radius 3 is 2.26 bits per heavy atom. The highest BCUT2D eigenvalue weighted by Crippen LogP contribution is 2.19. The van der Waals surface area contributed by atoms with E-state index in [1.54, 1.807) is 0 Å². The molecule has 0 bridgehead atoms. The van der Waals surface area contributed by atoms with Crippen LogP contribution in [0, 0.1) is 0 Å². The van der Waals surface area contributed by atoms with Crippen molar-refractivity contribution in [2.24, 2.45) is 0 Å². The van der Waals surface area contributed by atoms with Crippen LogP contribution in [0.1, 0.15) is 6.42 Å². The second kappa shape index (κ2) is 7.13. The van der Waals surface area contributed by atoms with Crippen LogP contribution in [0.5, 0.6) is 0 Å². The molecule has 0 atom stereocenters. The van der Waals surface area contributed by atoms with Gasteiger partial charge in [0.15, 0.2) is 0 Å². The van der Waals surface area contributed by atoms with Crippen LogP contribution in [0.4, 0.5) is 5.69 Å². The molecule has 0 aromatic heterocycles. The Morgan fingerprint density at radius 1 is 1.05 bits per heavy atom. The summed E-state index contributed by atoms with van der Waals surface area (Å²) in [5, 5.41) is 0.811. The van der Waals surface area contributed by atoms with Crippen LogP contribution in [0.2, 0.25) is 5.02 Å². The molecule has 1 aromatic carbocycles. The normalized spacial score (nSPS) is 17.2. The molecule has 1 aliphatic heterocycles. The van der Waals surface area contributed by atoms with E-state index in [-0.39, 0.29) is 0 Å². The molecule has 0 amide bonds. The highest BCUT2D eigenvalue weighted by Gasteiger charge is 2.16. The largest absolute Gasteiger partial charge is 0.369 e. The van der Waals surface area contributed by atoms with Crippen LogP contribution in [0.25, 0.3) is 0 Å². The van der Waals surface area contributed by atoms with Crippen molar-refractivity contribution in [1.82, 2.24) is 9.80 Å². The Hall–Kier alpha value is -0.770. The van der Waals surface area contributed by atoms with Gasteiger partial charge in [-0.1, -0.05) is 11.6 Å². The van der Waals surface area contributed by atoms with Crippen molar-refractivity contribution in [3.05, 3.63) is 29.3 Å². The molecule has 0 saturated carbocycles. The molecule has 106 valence electrons. The maximum atomic E-state index is 5.93. The minimum atomic E-state index is 0.811. The van der Waals surface area contributed by atoms with Crippen molar-refractivity contribution in [1.29, 1.82) is 0 Å². The topological polar surface area (TPSA) is 9.72 Å². The van der Waals surface area contributed by atoms with E-state index in [2.05, 4.69) is 40.9 Å². The molecule has 1 fully saturated rings. The minimum absolute atomic E-state index is 0.811. The number of anilines is 1. The summed E-state index contributed by atoms with van der Waals surface area (Å²) in [4.78, 5) is 7.26. The Bertz CT molecular complexity index is 369. The molecule has 1 aliphatic rings. The molecule has 1 saturated heterocycles. The van der Waals surface area contributed by atoms with Gasteiger partial charge in [0.05, 0.1) is 0 Å². The van der Waals surface area contributed by atoms with Crippen LogP contribution in [-0.2, 0) is 0 Å². The van der Waals surface area contributed by atoms with E-state index in [1.807, 2.05) is 12.1 Å². The highest BCUT2D eigenvalue weighted by molar-refractivity contribution is 6.30. The van der Waals surface area contributed by atoms with E-state index < -0.39 is 0 Å². The van der Waals surface area contributed by atoms with Gasteiger partial charge in [-0.05, 0) is 57.9 Å². The lowest BCUT2D eigenvalue weighted by Gasteiger charge is -2.36. The van der Waals surface area contributed by atoms with Gasteiger partial charge < -0.3 is 9.80 Å². The zero-order valence-corrected chi connectivity index (χ0v) is 12.7. The summed E-state index contributed by atoms with van der Waals surface area (Å²) in [5.74, 6) is 0. The fourth-order valence-corrected chi connectivity index (χ4v) is 2.62. The second-order valence-electron chi connectivity index (χ2n) is 5.46. The number of hydrogen-bond donors (Lipinski definition) is 0. The lowest BCUT2D eigenvalue weighted by Crippen LogP contribution is -2.46. The van der Waals surface area contributed by atoms with Crippen LogP contribution in [0.3, 0.4) is 0 Å². The van der Waals surface area contributed by atoms with Gasteiger partial charge in [-0.15, -0.1) is 0 Å². The third-order valence-electron chi connectivity index (χ3n) is 3.64. The third-order valence-corrected chi connectivity index (χ3v) is 3.90. The third kappa shape index (κ3) is 4.68. The Morgan fingerprint density at radius 2 is 1.68 bits per heavy atom. The van der Waals surface area contributed by atoms with Crippen molar-refractivity contribution >= 4 is 17.3 Å². The summed E-state index contributed by atoms with van der Waals surface area (Å²) in [6.07, 6.45) is 1.26. The number of halogens is 1. The van der Waals surface area contributed by atoms with Crippen LogP contribution in [-0.4, -0.2) is 63.2 Å². The number of hydrogen-bond acceptors (Lipinski definition) is 3. The lowest BCUT2D eigenvalue weighted by atomic mass is 10.2. The van der Waals surface area contributed by atoms with Crippen molar-refractivity contribution in [2.45, 2.75) is 6.42 Å². The summed E-state index contributed by atoms with van der Waals surface area (Å²) in [6.45, 7) is 6.95. The summed E-state index contributed by atoms with van der Waals surface area (Å²) >= 11 is 5.93. The summed E-state index contributed by atoms with van der Waals surface area (Å²) in [7, 11) is 4.27. The monoisotopic (exact) mass is 281 g/mol. The zero-order valence-electron chi connectivity index (χ0n) is 12.0. The fourth-order valence-electron chi connectivity index (χ4n) is 2.49. The van der Waals surface area contributed by atoms with E-state index in [0.717, 1.165) is 31.2 Å². The van der Waals surface area contributed by atoms with Gasteiger partial charge in [-0.3, -0.25) is 4.90 Å². The van der Waals surface area contributed by atoms with Crippen molar-refractivity contribution in [3.63, 3.8) is 0 Å². The van der Waals surface area contributed by atoms with E-state index in [9.17, 15) is 0 Å². The van der Waals surface area contributed by atoms with Crippen LogP contribution in [0.15, 0.2) is 24.3 Å². The van der Waals surface area contributed by atoms with Gasteiger partial charge in [-0.25, -0.2) is 0 Å². The Balaban J connectivity index is 1.74. The molecule has 0 spiro atoms. The van der Waals surface area contributed by atoms with Crippen molar-refractivity contribution in [2.75, 3.05) is 58.3 Å². The average molecular weight is 282 g/mol. The summed E-state index contributed by atoms with van der Waals surface area (Å²) in [5.41, 5.74) is 1.29. The van der Waals surface area contributed by atoms with E-state index in [4.69, 9.17) is 11.6 Å². The quantitative estimate of drug-likeness (QED) is 0.821. The first kappa shape index (κ1) is 14.6. The minimum Gasteiger partial charge on any atom is -0.369 e. The number of nitrogens with zero attached hydrogens (tertiary/aromatic N) is 3. The molecule has 19 heavy (non-hydrogen) atoms. The van der Waals surface area contributed by atoms with Gasteiger partial charge in [0.2, 0.25) is 0 Å². The predicted molar refractivity (Wildman–Crippen MR) is 83.3 cm³/mol. The first-order chi connectivity index (χ1) is 9.15. The molecular weight excluding hydrogens is 258 g/mol. The molecule has 1 aromatic rings. The van der Waals surface area contributed by atoms with Gasteiger partial charge >= 0.3 is 0 Å². The number of benzene rings is 1. The fraction of sp³-hybridized carbons (Fsp3) is 0.600. The standard InChI is InChI=1S/C15H24ClN3/c1-17(2)8-3-9-18-10-12-19(13-11-18)15-6-4-14(16)5-7-15/h4-7H,3,8-13H2,1-2H3. The first-order valence-electron chi connectivity index (χ1n) is 7.03. The van der Waals surface area contributed by atoms with Gasteiger partial charge in [0.25, 0.3) is 0 Å². The van der Waals surface area contributed by atoms with Crippen LogP contribution < -0.4 is 4.90 Å². The molecule has 0 unspecified atom stereocenters. The van der Waals surface area contributed by atoms with E-state index in [1.165, 1.54) is 25.2 Å². The zero-order chi connectivity index (χ0) is 13.7. The van der Waals surface area contributed by atoms with Crippen molar-refractivity contribution in [3.8, 4) is 0 Å². The molecule has 0 aliphatic carbocycles. The number of rotatable bonds is 5. The molecule has 4 heteroatoms. The van der Waals surface area contributed by atoms with Crippen LogP contribution >= 0.6 is 11.6 Å². The smallest absolute Gasteiger partial charge is 0.0407 e. The number of piperazine rings is 1. The predicted octanol–water partition coefficient (Wildman–Crippen LogP) is 2.41. The second-order valence-corrected chi connectivity index (χ2v) is 5.90. The highest BCUT2D eigenvalue weighted by atomic mass is 35.5. The Labute approximate surface area is 121 Å². The molecule has 2 rings (SSSR count). The molecule has 3 nitrogen and oxygen atoms in total. The Kier molecular flexibility index (Phi) is 5.49. The maximum absolute atomic E-state index is 5.93. The molecule has 0 N–H and O–H groups in total. The van der Waals surface area contributed by atoms with Gasteiger partial charge in [-0.2, -0.15) is 0 Å². The average Bonchev–Trinajstić information content (AvgIpc) is 2.40. The van der Waals surface area contributed by atoms with Gasteiger partial charge in [0, 0.05) is 36.9 Å². The summed E-state index contributed by atoms with van der Waals surface area (Å²) in [6, 6.07) is 8.18. The maximum Gasteiger partial charge on any atom is 0.0407 e. The molecule has 0 radical (unpaired) electrons. The lowest BCUT2D eigenvalue weighted by molar-refractivity contribution is 0.242. The van der Waals surface area contributed by atoms with Crippen molar-refractivity contribution < 1.29 is 0 Å². The van der Waals surface area contributed by atoms with E-state index in [0.29, 0.717) is 0 Å². The SMILES string of the molecule is CN(C)CCCN1CCN(c2ccc(Cl)cc2)CC1. The van der Waals surface area contributed by atoms with E-state index >= 15 is 0 Å².